The summed E-state index contributed by atoms with van der Waals surface area (Å²) in [6, 6.07) is 17.3. The predicted molar refractivity (Wildman–Crippen MR) is 162 cm³/mol. The van der Waals surface area contributed by atoms with Crippen molar-refractivity contribution < 1.29 is 13.7 Å². The van der Waals surface area contributed by atoms with Crippen LogP contribution in [0.3, 0.4) is 0 Å². The van der Waals surface area contributed by atoms with Crippen LogP contribution >= 0.6 is 0 Å². The van der Waals surface area contributed by atoms with Crippen molar-refractivity contribution in [1.82, 2.24) is 15.1 Å². The summed E-state index contributed by atoms with van der Waals surface area (Å²) in [6.07, 6.45) is 7.61. The first-order valence-electron chi connectivity index (χ1n) is 14.9. The average Bonchev–Trinajstić information content (AvgIpc) is 3.46. The molecule has 0 saturated heterocycles. The van der Waals surface area contributed by atoms with E-state index in [0.29, 0.717) is 12.5 Å². The molecule has 2 aromatic carbocycles. The van der Waals surface area contributed by atoms with Gasteiger partial charge in [-0.05, 0) is 104 Å². The van der Waals surface area contributed by atoms with Crippen molar-refractivity contribution in [3.63, 3.8) is 0 Å². The standard InChI is InChI=1S/C32H33FN4O3.C2H4/c33-16-2-5-28(39)37(20-31-12-14-32(19-31,15-13-31)30-35-29(36-40-30)21-6-7-21)25-4-1-3-22(18-25)23-8-10-26-24(17-23)9-11-27(38)34-26;1-2/h1,3-4,8-11,17-18,21H,2,5-7,12-16,19-20H2,(H,34,38);1-2H2. The summed E-state index contributed by atoms with van der Waals surface area (Å²) in [5, 5.41) is 5.23. The van der Waals surface area contributed by atoms with E-state index in [9.17, 15) is 14.0 Å². The molecule has 2 aromatic heterocycles. The van der Waals surface area contributed by atoms with Crippen LogP contribution in [0.2, 0.25) is 0 Å². The topological polar surface area (TPSA) is 92.1 Å². The minimum Gasteiger partial charge on any atom is -0.339 e. The number of benzene rings is 2. The van der Waals surface area contributed by atoms with Crippen molar-refractivity contribution in [2.75, 3.05) is 18.1 Å². The molecule has 7 rings (SSSR count). The van der Waals surface area contributed by atoms with E-state index in [0.717, 1.165) is 84.4 Å². The second-order valence-electron chi connectivity index (χ2n) is 12.1. The van der Waals surface area contributed by atoms with Crippen molar-refractivity contribution >= 4 is 22.5 Å². The Morgan fingerprint density at radius 2 is 1.83 bits per heavy atom. The largest absolute Gasteiger partial charge is 0.339 e. The number of hydrogen-bond donors (Lipinski definition) is 1. The second-order valence-corrected chi connectivity index (χ2v) is 12.1. The van der Waals surface area contributed by atoms with Gasteiger partial charge in [0.05, 0.1) is 12.1 Å². The fourth-order valence-corrected chi connectivity index (χ4v) is 6.99. The van der Waals surface area contributed by atoms with Crippen LogP contribution < -0.4 is 10.5 Å². The van der Waals surface area contributed by atoms with Crippen molar-refractivity contribution in [2.24, 2.45) is 5.41 Å². The van der Waals surface area contributed by atoms with Gasteiger partial charge >= 0.3 is 0 Å². The zero-order chi connectivity index (χ0) is 29.3. The van der Waals surface area contributed by atoms with E-state index in [4.69, 9.17) is 9.51 Å². The van der Waals surface area contributed by atoms with Gasteiger partial charge in [-0.15, -0.1) is 13.2 Å². The van der Waals surface area contributed by atoms with Gasteiger partial charge in [-0.2, -0.15) is 4.98 Å². The van der Waals surface area contributed by atoms with Gasteiger partial charge in [-0.25, -0.2) is 0 Å². The Labute approximate surface area is 244 Å². The lowest BCUT2D eigenvalue weighted by Gasteiger charge is -2.34. The molecule has 0 spiro atoms. The maximum Gasteiger partial charge on any atom is 0.248 e. The van der Waals surface area contributed by atoms with Gasteiger partial charge in [-0.1, -0.05) is 23.4 Å². The highest BCUT2D eigenvalue weighted by Gasteiger charge is 2.58. The molecular formula is C34H37FN4O3. The van der Waals surface area contributed by atoms with E-state index in [1.165, 1.54) is 6.07 Å². The molecule has 7 nitrogen and oxygen atoms in total. The fraction of sp³-hybridized carbons (Fsp3) is 0.412. The van der Waals surface area contributed by atoms with Gasteiger partial charge in [0.1, 0.15) is 0 Å². The number of aromatic nitrogens is 3. The van der Waals surface area contributed by atoms with Gasteiger partial charge < -0.3 is 14.4 Å². The highest BCUT2D eigenvalue weighted by Crippen LogP contribution is 2.62. The number of anilines is 1. The highest BCUT2D eigenvalue weighted by atomic mass is 19.1. The number of nitrogens with one attached hydrogen (secondary N) is 1. The van der Waals surface area contributed by atoms with Crippen LogP contribution in [-0.4, -0.2) is 34.3 Å². The molecule has 2 heterocycles. The van der Waals surface area contributed by atoms with Crippen LogP contribution in [0.4, 0.5) is 10.1 Å². The Kier molecular flexibility index (Phi) is 7.56. The summed E-state index contributed by atoms with van der Waals surface area (Å²) in [5.41, 5.74) is 3.35. The first-order valence-corrected chi connectivity index (χ1v) is 14.9. The van der Waals surface area contributed by atoms with Gasteiger partial charge in [0, 0.05) is 36.2 Å². The molecule has 0 radical (unpaired) electrons. The molecule has 8 heteroatoms. The third-order valence-electron chi connectivity index (χ3n) is 9.35. The van der Waals surface area contributed by atoms with E-state index in [2.05, 4.69) is 23.3 Å². The molecule has 4 aromatic rings. The Morgan fingerprint density at radius 3 is 2.60 bits per heavy atom. The number of fused-ring (bicyclic) bond motifs is 3. The van der Waals surface area contributed by atoms with Crippen LogP contribution in [0.15, 0.2) is 77.1 Å². The first kappa shape index (κ1) is 28.1. The molecule has 3 saturated carbocycles. The monoisotopic (exact) mass is 568 g/mol. The van der Waals surface area contributed by atoms with Gasteiger partial charge in [0.25, 0.3) is 0 Å². The third-order valence-corrected chi connectivity index (χ3v) is 9.35. The van der Waals surface area contributed by atoms with Crippen molar-refractivity contribution in [3.8, 4) is 11.1 Å². The van der Waals surface area contributed by atoms with E-state index in [1.807, 2.05) is 53.4 Å². The first-order chi connectivity index (χ1) is 20.5. The molecule has 3 aliphatic carbocycles. The zero-order valence-corrected chi connectivity index (χ0v) is 23.9. The van der Waals surface area contributed by atoms with E-state index in [1.54, 1.807) is 0 Å². The van der Waals surface area contributed by atoms with Crippen molar-refractivity contribution in [2.45, 2.75) is 69.1 Å². The number of carbonyl (C=O) groups is 1. The van der Waals surface area contributed by atoms with Crippen LogP contribution in [0, 0.1) is 5.41 Å². The van der Waals surface area contributed by atoms with Crippen LogP contribution in [0.25, 0.3) is 22.0 Å². The fourth-order valence-electron chi connectivity index (χ4n) is 6.99. The predicted octanol–water partition coefficient (Wildman–Crippen LogP) is 7.24. The maximum absolute atomic E-state index is 13.5. The number of halogens is 1. The van der Waals surface area contributed by atoms with Crippen molar-refractivity contribution in [3.05, 3.63) is 89.8 Å². The van der Waals surface area contributed by atoms with E-state index < -0.39 is 6.67 Å². The lowest BCUT2D eigenvalue weighted by atomic mass is 9.81. The summed E-state index contributed by atoms with van der Waals surface area (Å²) in [5.74, 6) is 2.05. The summed E-state index contributed by atoms with van der Waals surface area (Å²) in [4.78, 5) is 34.8. The second kappa shape index (κ2) is 11.3. The molecule has 2 bridgehead atoms. The highest BCUT2D eigenvalue weighted by molar-refractivity contribution is 5.94. The molecule has 0 unspecified atom stereocenters. The summed E-state index contributed by atoms with van der Waals surface area (Å²) >= 11 is 0. The smallest absolute Gasteiger partial charge is 0.248 e. The molecule has 218 valence electrons. The van der Waals surface area contributed by atoms with E-state index >= 15 is 0 Å². The molecule has 1 N–H and O–H groups in total. The minimum atomic E-state index is -0.506. The van der Waals surface area contributed by atoms with Gasteiger partial charge in [0.15, 0.2) is 5.82 Å². The molecule has 3 aliphatic rings. The Bertz CT molecular complexity index is 1650. The summed E-state index contributed by atoms with van der Waals surface area (Å²) in [6.45, 7) is 6.10. The van der Waals surface area contributed by atoms with E-state index in [-0.39, 0.29) is 35.1 Å². The Balaban J connectivity index is 0.00000155. The number of hydrogen-bond acceptors (Lipinski definition) is 5. The Morgan fingerprint density at radius 1 is 1.05 bits per heavy atom. The Hall–Kier alpha value is -4.07. The van der Waals surface area contributed by atoms with Crippen LogP contribution in [0.5, 0.6) is 0 Å². The zero-order valence-electron chi connectivity index (χ0n) is 23.9. The number of H-pyrrole nitrogens is 1. The SMILES string of the molecule is C=C.O=C(CCCF)N(CC12CCC(c3nc(C4CC4)no3)(CC1)C2)c1cccc(-c2ccc3[nH]c(=O)ccc3c2)c1. The van der Waals surface area contributed by atoms with Crippen LogP contribution in [-0.2, 0) is 10.2 Å². The van der Waals surface area contributed by atoms with Crippen molar-refractivity contribution in [1.29, 1.82) is 0 Å². The summed E-state index contributed by atoms with van der Waals surface area (Å²) < 4.78 is 18.9. The number of pyridine rings is 1. The molecule has 0 atom stereocenters. The number of aromatic amines is 1. The molecule has 42 heavy (non-hydrogen) atoms. The lowest BCUT2D eigenvalue weighted by Crippen LogP contribution is -2.40. The lowest BCUT2D eigenvalue weighted by molar-refractivity contribution is -0.119. The minimum absolute atomic E-state index is 0.0234. The quantitative estimate of drug-likeness (QED) is 0.215. The van der Waals surface area contributed by atoms with Crippen LogP contribution in [0.1, 0.15) is 75.4 Å². The third kappa shape index (κ3) is 5.30. The number of rotatable bonds is 9. The molecule has 3 fully saturated rings. The average molecular weight is 569 g/mol. The van der Waals surface area contributed by atoms with Gasteiger partial charge in [0.2, 0.25) is 17.4 Å². The normalized spacial score (nSPS) is 22.6. The molecular weight excluding hydrogens is 531 g/mol. The molecule has 0 aliphatic heterocycles. The number of carbonyl (C=O) groups excluding carboxylic acids is 1. The summed E-state index contributed by atoms with van der Waals surface area (Å²) in [7, 11) is 0. The maximum atomic E-state index is 13.5. The number of nitrogens with zero attached hydrogens (tertiary/aromatic N) is 3. The number of amides is 1. The van der Waals surface area contributed by atoms with Gasteiger partial charge in [-0.3, -0.25) is 14.0 Å². The number of alkyl halides is 1. The molecule has 1 amide bonds.